The van der Waals surface area contributed by atoms with Crippen molar-refractivity contribution < 1.29 is 17.9 Å². The average molecular weight is 367 g/mol. The van der Waals surface area contributed by atoms with Crippen LogP contribution in [0.15, 0.2) is 20.0 Å². The summed E-state index contributed by atoms with van der Waals surface area (Å²) in [6.07, 6.45) is 3.25. The van der Waals surface area contributed by atoms with Gasteiger partial charge >= 0.3 is 0 Å². The predicted molar refractivity (Wildman–Crippen MR) is 77.8 cm³/mol. The molecule has 0 saturated carbocycles. The zero-order chi connectivity index (χ0) is 14.6. The Hall–Kier alpha value is -0.410. The third-order valence-corrected chi connectivity index (χ3v) is 5.61. The van der Waals surface area contributed by atoms with Crippen LogP contribution >= 0.6 is 15.9 Å². The van der Waals surface area contributed by atoms with E-state index >= 15 is 0 Å². The average Bonchev–Trinajstić information content (AvgIpc) is 3.04. The Labute approximate surface area is 127 Å². The molecule has 0 spiro atoms. The van der Waals surface area contributed by atoms with E-state index in [0.29, 0.717) is 6.54 Å². The Balaban J connectivity index is 1.85. The maximum absolute atomic E-state index is 12.1. The molecule has 1 aromatic rings. The minimum atomic E-state index is -3.60. The SMILES string of the molecule is O=S(=O)(NCCCN1CCCC1)c1cc(CO)oc1Br. The number of furan rings is 1. The molecule has 0 unspecified atom stereocenters. The van der Waals surface area contributed by atoms with Crippen molar-refractivity contribution in [2.24, 2.45) is 0 Å². The largest absolute Gasteiger partial charge is 0.450 e. The molecular formula is C12H19BrN2O4S. The number of rotatable bonds is 7. The number of hydrogen-bond donors (Lipinski definition) is 2. The van der Waals surface area contributed by atoms with E-state index in [0.717, 1.165) is 26.1 Å². The fourth-order valence-electron chi connectivity index (χ4n) is 2.25. The van der Waals surface area contributed by atoms with Gasteiger partial charge in [0.05, 0.1) is 0 Å². The van der Waals surface area contributed by atoms with Gasteiger partial charge in [0.25, 0.3) is 0 Å². The van der Waals surface area contributed by atoms with Crippen LogP contribution in [0.5, 0.6) is 0 Å². The molecule has 20 heavy (non-hydrogen) atoms. The van der Waals surface area contributed by atoms with Crippen LogP contribution in [0.3, 0.4) is 0 Å². The quantitative estimate of drug-likeness (QED) is 0.710. The van der Waals surface area contributed by atoms with Crippen LogP contribution in [0.2, 0.25) is 0 Å². The van der Waals surface area contributed by atoms with E-state index < -0.39 is 10.0 Å². The first kappa shape index (κ1) is 16.0. The highest BCUT2D eigenvalue weighted by atomic mass is 79.9. The highest BCUT2D eigenvalue weighted by Gasteiger charge is 2.22. The topological polar surface area (TPSA) is 82.8 Å². The van der Waals surface area contributed by atoms with E-state index in [1.165, 1.54) is 18.9 Å². The van der Waals surface area contributed by atoms with Gasteiger partial charge in [-0.25, -0.2) is 13.1 Å². The van der Waals surface area contributed by atoms with Crippen molar-refractivity contribution in [2.45, 2.75) is 30.8 Å². The summed E-state index contributed by atoms with van der Waals surface area (Å²) in [6, 6.07) is 1.33. The third kappa shape index (κ3) is 4.05. The normalized spacial score (nSPS) is 16.9. The molecule has 1 aromatic heterocycles. The van der Waals surface area contributed by atoms with Crippen molar-refractivity contribution in [1.29, 1.82) is 0 Å². The van der Waals surface area contributed by atoms with Crippen molar-refractivity contribution in [3.63, 3.8) is 0 Å². The molecule has 8 heteroatoms. The van der Waals surface area contributed by atoms with E-state index in [2.05, 4.69) is 25.6 Å². The van der Waals surface area contributed by atoms with Crippen LogP contribution in [0.4, 0.5) is 0 Å². The highest BCUT2D eigenvalue weighted by molar-refractivity contribution is 9.10. The smallest absolute Gasteiger partial charge is 0.244 e. The molecule has 2 N–H and O–H groups in total. The van der Waals surface area contributed by atoms with Crippen LogP contribution in [0.25, 0.3) is 0 Å². The summed E-state index contributed by atoms with van der Waals surface area (Å²) in [5.74, 6) is 0.217. The second-order valence-corrected chi connectivity index (χ2v) is 7.26. The van der Waals surface area contributed by atoms with Crippen molar-refractivity contribution >= 4 is 26.0 Å². The lowest BCUT2D eigenvalue weighted by molar-refractivity contribution is 0.245. The Morgan fingerprint density at radius 2 is 2.10 bits per heavy atom. The monoisotopic (exact) mass is 366 g/mol. The lowest BCUT2D eigenvalue weighted by atomic mass is 10.4. The summed E-state index contributed by atoms with van der Waals surface area (Å²) in [7, 11) is -3.60. The molecule has 0 atom stereocenters. The molecule has 0 aromatic carbocycles. The Bertz CT molecular complexity index is 538. The predicted octanol–water partition coefficient (Wildman–Crippen LogP) is 1.30. The van der Waals surface area contributed by atoms with Gasteiger partial charge < -0.3 is 14.4 Å². The molecule has 0 amide bonds. The van der Waals surface area contributed by atoms with E-state index in [9.17, 15) is 8.42 Å². The molecule has 0 radical (unpaired) electrons. The van der Waals surface area contributed by atoms with Gasteiger partial charge in [-0.1, -0.05) is 0 Å². The van der Waals surface area contributed by atoms with Gasteiger partial charge in [0.1, 0.15) is 17.3 Å². The molecule has 0 bridgehead atoms. The Morgan fingerprint density at radius 3 is 2.70 bits per heavy atom. The lowest BCUT2D eigenvalue weighted by Crippen LogP contribution is -2.28. The highest BCUT2D eigenvalue weighted by Crippen LogP contribution is 2.25. The maximum atomic E-state index is 12.1. The number of aliphatic hydroxyl groups is 1. The lowest BCUT2D eigenvalue weighted by Gasteiger charge is -2.14. The summed E-state index contributed by atoms with van der Waals surface area (Å²) in [6.45, 7) is 3.20. The van der Waals surface area contributed by atoms with Gasteiger partial charge in [-0.2, -0.15) is 0 Å². The second kappa shape index (κ2) is 7.04. The molecule has 1 saturated heterocycles. The third-order valence-electron chi connectivity index (χ3n) is 3.29. The maximum Gasteiger partial charge on any atom is 0.244 e. The number of nitrogens with zero attached hydrogens (tertiary/aromatic N) is 1. The fourth-order valence-corrected chi connectivity index (χ4v) is 4.32. The molecule has 2 heterocycles. The first-order valence-corrected chi connectivity index (χ1v) is 8.91. The number of sulfonamides is 1. The Kier molecular flexibility index (Phi) is 5.62. The first-order chi connectivity index (χ1) is 9.53. The molecule has 0 aliphatic carbocycles. The zero-order valence-corrected chi connectivity index (χ0v) is 13.5. The van der Waals surface area contributed by atoms with Gasteiger partial charge in [-0.15, -0.1) is 0 Å². The summed E-state index contributed by atoms with van der Waals surface area (Å²) in [4.78, 5) is 2.37. The van der Waals surface area contributed by atoms with Gasteiger partial charge in [0.15, 0.2) is 4.67 Å². The van der Waals surface area contributed by atoms with Crippen molar-refractivity contribution in [3.05, 3.63) is 16.5 Å². The van der Waals surface area contributed by atoms with Crippen LogP contribution in [0.1, 0.15) is 25.0 Å². The first-order valence-electron chi connectivity index (χ1n) is 6.64. The fraction of sp³-hybridized carbons (Fsp3) is 0.667. The van der Waals surface area contributed by atoms with E-state index in [4.69, 9.17) is 9.52 Å². The minimum Gasteiger partial charge on any atom is -0.450 e. The number of likely N-dealkylation sites (tertiary alicyclic amines) is 1. The summed E-state index contributed by atoms with van der Waals surface area (Å²) in [5.41, 5.74) is 0. The van der Waals surface area contributed by atoms with Crippen LogP contribution < -0.4 is 4.72 Å². The summed E-state index contributed by atoms with van der Waals surface area (Å²) >= 11 is 3.05. The van der Waals surface area contributed by atoms with Crippen LogP contribution in [-0.4, -0.2) is 44.6 Å². The molecule has 2 rings (SSSR count). The number of hydrogen-bond acceptors (Lipinski definition) is 5. The van der Waals surface area contributed by atoms with E-state index in [1.807, 2.05) is 0 Å². The van der Waals surface area contributed by atoms with E-state index in [1.54, 1.807) is 0 Å². The van der Waals surface area contributed by atoms with Crippen molar-refractivity contribution in [2.75, 3.05) is 26.2 Å². The van der Waals surface area contributed by atoms with Gasteiger partial charge in [-0.3, -0.25) is 0 Å². The molecule has 114 valence electrons. The molecule has 1 fully saturated rings. The van der Waals surface area contributed by atoms with Crippen molar-refractivity contribution in [1.82, 2.24) is 9.62 Å². The standard InChI is InChI=1S/C12H19BrN2O4S/c13-12-11(8-10(9-16)19-12)20(17,18)14-4-3-7-15-5-1-2-6-15/h8,14,16H,1-7,9H2. The Morgan fingerprint density at radius 1 is 1.40 bits per heavy atom. The molecule has 1 aliphatic rings. The van der Waals surface area contributed by atoms with E-state index in [-0.39, 0.29) is 21.9 Å². The molecule has 1 aliphatic heterocycles. The number of halogens is 1. The number of aliphatic hydroxyl groups excluding tert-OH is 1. The molecule has 6 nitrogen and oxygen atoms in total. The van der Waals surface area contributed by atoms with Crippen LogP contribution in [0, 0.1) is 0 Å². The molecular weight excluding hydrogens is 348 g/mol. The van der Waals surface area contributed by atoms with Gasteiger partial charge in [-0.05, 0) is 54.8 Å². The number of nitrogens with one attached hydrogen (secondary N) is 1. The van der Waals surface area contributed by atoms with Gasteiger partial charge in [0, 0.05) is 12.6 Å². The summed E-state index contributed by atoms with van der Waals surface area (Å²) < 4.78 is 31.9. The van der Waals surface area contributed by atoms with Gasteiger partial charge in [0.2, 0.25) is 10.0 Å². The summed E-state index contributed by atoms with van der Waals surface area (Å²) in [5, 5.41) is 8.94. The van der Waals surface area contributed by atoms with Crippen LogP contribution in [-0.2, 0) is 16.6 Å². The zero-order valence-electron chi connectivity index (χ0n) is 11.1. The van der Waals surface area contributed by atoms with Crippen molar-refractivity contribution in [3.8, 4) is 0 Å². The minimum absolute atomic E-state index is 0.0303. The second-order valence-electron chi connectivity index (χ2n) is 4.81.